The first-order valence-corrected chi connectivity index (χ1v) is 4.58. The molecular weight excluding hydrogens is 216 g/mol. The molecule has 0 unspecified atom stereocenters. The minimum atomic E-state index is 0.460. The molecule has 0 aliphatic rings. The van der Waals surface area contributed by atoms with Crippen LogP contribution in [0.3, 0.4) is 0 Å². The fourth-order valence-electron chi connectivity index (χ4n) is 1.37. The molecule has 3 aromatic heterocycles. The van der Waals surface area contributed by atoms with E-state index in [2.05, 4.69) is 25.4 Å². The van der Waals surface area contributed by atoms with Crippen molar-refractivity contribution in [3.8, 4) is 11.5 Å². The summed E-state index contributed by atoms with van der Waals surface area (Å²) in [4.78, 5) is 3.93. The van der Waals surface area contributed by atoms with Crippen LogP contribution in [0.5, 0.6) is 0 Å². The van der Waals surface area contributed by atoms with Crippen molar-refractivity contribution < 1.29 is 0 Å². The summed E-state index contributed by atoms with van der Waals surface area (Å²) in [6.07, 6.45) is 4.78. The molecule has 3 rings (SSSR count). The molecule has 0 saturated carbocycles. The minimum absolute atomic E-state index is 0.460. The van der Waals surface area contributed by atoms with Gasteiger partial charge in [0.1, 0.15) is 10.8 Å². The van der Waals surface area contributed by atoms with Crippen LogP contribution in [0.1, 0.15) is 0 Å². The van der Waals surface area contributed by atoms with Gasteiger partial charge >= 0.3 is 0 Å². The van der Waals surface area contributed by atoms with E-state index < -0.39 is 0 Å². The number of nitrogens with zero attached hydrogens (tertiary/aromatic N) is 5. The van der Waals surface area contributed by atoms with E-state index in [9.17, 15) is 0 Å². The first-order chi connectivity index (χ1) is 7.36. The maximum Gasteiger partial charge on any atom is 0.187 e. The zero-order valence-corrected chi connectivity index (χ0v) is 8.18. The lowest BCUT2D eigenvalue weighted by atomic mass is 10.4. The van der Waals surface area contributed by atoms with Gasteiger partial charge in [0.2, 0.25) is 0 Å². The van der Waals surface area contributed by atoms with E-state index in [-0.39, 0.29) is 0 Å². The highest BCUT2D eigenvalue weighted by Crippen LogP contribution is 2.18. The molecule has 0 fully saturated rings. The van der Waals surface area contributed by atoms with E-state index in [0.29, 0.717) is 16.6 Å². The van der Waals surface area contributed by atoms with Crippen molar-refractivity contribution >= 4 is 17.2 Å². The average Bonchev–Trinajstić information content (AvgIpc) is 2.85. The van der Waals surface area contributed by atoms with Gasteiger partial charge in [0.25, 0.3) is 0 Å². The van der Waals surface area contributed by atoms with Gasteiger partial charge in [-0.2, -0.15) is 5.10 Å². The lowest BCUT2D eigenvalue weighted by molar-refractivity contribution is 1.04. The Kier molecular flexibility index (Phi) is 1.69. The highest BCUT2D eigenvalue weighted by molar-refractivity contribution is 6.29. The topological polar surface area (TPSA) is 71.8 Å². The van der Waals surface area contributed by atoms with Gasteiger partial charge < -0.3 is 0 Å². The van der Waals surface area contributed by atoms with Crippen LogP contribution >= 0.6 is 11.6 Å². The van der Waals surface area contributed by atoms with Crippen LogP contribution in [0.25, 0.3) is 17.2 Å². The average molecular weight is 221 g/mol. The molecule has 0 radical (unpaired) electrons. The van der Waals surface area contributed by atoms with Crippen LogP contribution in [0, 0.1) is 0 Å². The monoisotopic (exact) mass is 220 g/mol. The minimum Gasteiger partial charge on any atom is -0.275 e. The quantitative estimate of drug-likeness (QED) is 0.668. The number of hydrogen-bond donors (Lipinski definition) is 1. The Morgan fingerprint density at radius 2 is 2.20 bits per heavy atom. The van der Waals surface area contributed by atoms with Crippen molar-refractivity contribution in [2.45, 2.75) is 0 Å². The summed E-state index contributed by atoms with van der Waals surface area (Å²) in [7, 11) is 0. The van der Waals surface area contributed by atoms with Crippen LogP contribution in [-0.2, 0) is 0 Å². The zero-order chi connectivity index (χ0) is 10.3. The summed E-state index contributed by atoms with van der Waals surface area (Å²) < 4.78 is 1.70. The van der Waals surface area contributed by atoms with Gasteiger partial charge in [0.05, 0.1) is 12.4 Å². The van der Waals surface area contributed by atoms with Gasteiger partial charge in [-0.05, 0) is 6.07 Å². The third kappa shape index (κ3) is 1.18. The summed E-state index contributed by atoms with van der Waals surface area (Å²) in [5.74, 6) is 0.620. The number of rotatable bonds is 1. The molecule has 0 bridgehead atoms. The third-order valence-corrected chi connectivity index (χ3v) is 2.28. The maximum absolute atomic E-state index is 6.01. The van der Waals surface area contributed by atoms with Gasteiger partial charge in [0, 0.05) is 6.20 Å². The van der Waals surface area contributed by atoms with Crippen LogP contribution in [0.15, 0.2) is 24.7 Å². The summed E-state index contributed by atoms with van der Waals surface area (Å²) in [5.41, 5.74) is 1.36. The first kappa shape index (κ1) is 8.37. The molecule has 3 heterocycles. The van der Waals surface area contributed by atoms with E-state index in [4.69, 9.17) is 11.6 Å². The number of hydrogen-bond acceptors (Lipinski definition) is 4. The van der Waals surface area contributed by atoms with Gasteiger partial charge in [0.15, 0.2) is 11.5 Å². The molecule has 74 valence electrons. The molecule has 0 amide bonds. The summed E-state index contributed by atoms with van der Waals surface area (Å²) in [6.45, 7) is 0. The number of nitrogens with one attached hydrogen (secondary N) is 1. The van der Waals surface area contributed by atoms with Crippen molar-refractivity contribution in [1.29, 1.82) is 0 Å². The molecular formula is C8H5ClN6. The van der Waals surface area contributed by atoms with Gasteiger partial charge in [-0.1, -0.05) is 11.6 Å². The smallest absolute Gasteiger partial charge is 0.187 e. The normalized spacial score (nSPS) is 11.0. The molecule has 15 heavy (non-hydrogen) atoms. The van der Waals surface area contributed by atoms with Crippen molar-refractivity contribution in [3.63, 3.8) is 0 Å². The Labute approximate surface area is 88.9 Å². The van der Waals surface area contributed by atoms with Crippen LogP contribution < -0.4 is 0 Å². The summed E-state index contributed by atoms with van der Waals surface area (Å²) >= 11 is 6.01. The van der Waals surface area contributed by atoms with Gasteiger partial charge in [-0.3, -0.25) is 14.5 Å². The molecule has 0 aromatic carbocycles. The number of aromatic amines is 1. The van der Waals surface area contributed by atoms with Gasteiger partial charge in [-0.25, -0.2) is 0 Å². The second-order valence-corrected chi connectivity index (χ2v) is 3.30. The molecule has 1 N–H and O–H groups in total. The SMILES string of the molecule is Clc1cncc2nnc(-c3ccn[nH]3)n12. The molecule has 6 nitrogen and oxygen atoms in total. The van der Waals surface area contributed by atoms with Crippen LogP contribution in [-0.4, -0.2) is 29.8 Å². The molecule has 0 atom stereocenters. The van der Waals surface area contributed by atoms with Crippen molar-refractivity contribution in [2.75, 3.05) is 0 Å². The number of halogens is 1. The standard InChI is InChI=1S/C8H5ClN6/c9-6-3-10-4-7-13-14-8(15(6)7)5-1-2-11-12-5/h1-4H,(H,11,12). The third-order valence-electron chi connectivity index (χ3n) is 2.01. The first-order valence-electron chi connectivity index (χ1n) is 4.20. The molecule has 0 aliphatic heterocycles. The maximum atomic E-state index is 6.01. The van der Waals surface area contributed by atoms with E-state index in [1.54, 1.807) is 22.9 Å². The van der Waals surface area contributed by atoms with Gasteiger partial charge in [-0.15, -0.1) is 10.2 Å². The number of fused-ring (bicyclic) bond motifs is 1. The Bertz CT molecular complexity index is 599. The molecule has 0 spiro atoms. The second kappa shape index (κ2) is 3.03. The Morgan fingerprint density at radius 3 is 3.00 bits per heavy atom. The summed E-state index contributed by atoms with van der Waals surface area (Å²) in [5, 5.41) is 15.1. The summed E-state index contributed by atoms with van der Waals surface area (Å²) in [6, 6.07) is 1.80. The fourth-order valence-corrected chi connectivity index (χ4v) is 1.59. The molecule has 3 aromatic rings. The predicted octanol–water partition coefficient (Wildman–Crippen LogP) is 1.17. The highest BCUT2D eigenvalue weighted by atomic mass is 35.5. The van der Waals surface area contributed by atoms with Crippen molar-refractivity contribution in [2.24, 2.45) is 0 Å². The lowest BCUT2D eigenvalue weighted by Crippen LogP contribution is -1.92. The Hall–Kier alpha value is -1.95. The number of aromatic nitrogens is 6. The molecule has 0 saturated heterocycles. The molecule has 0 aliphatic carbocycles. The van der Waals surface area contributed by atoms with Crippen molar-refractivity contribution in [1.82, 2.24) is 29.8 Å². The van der Waals surface area contributed by atoms with E-state index in [1.165, 1.54) is 6.20 Å². The highest BCUT2D eigenvalue weighted by Gasteiger charge is 2.11. The Balaban J connectivity index is 2.37. The van der Waals surface area contributed by atoms with E-state index >= 15 is 0 Å². The zero-order valence-electron chi connectivity index (χ0n) is 7.42. The van der Waals surface area contributed by atoms with E-state index in [0.717, 1.165) is 5.69 Å². The van der Waals surface area contributed by atoms with Crippen molar-refractivity contribution in [3.05, 3.63) is 29.8 Å². The fraction of sp³-hybridized carbons (Fsp3) is 0. The number of H-pyrrole nitrogens is 1. The lowest BCUT2D eigenvalue weighted by Gasteiger charge is -1.98. The predicted molar refractivity (Wildman–Crippen MR) is 53.4 cm³/mol. The van der Waals surface area contributed by atoms with Crippen LogP contribution in [0.2, 0.25) is 5.15 Å². The van der Waals surface area contributed by atoms with E-state index in [1.807, 2.05) is 0 Å². The largest absolute Gasteiger partial charge is 0.275 e. The molecule has 7 heteroatoms. The van der Waals surface area contributed by atoms with Crippen LogP contribution in [0.4, 0.5) is 0 Å². The Morgan fingerprint density at radius 1 is 1.27 bits per heavy atom. The second-order valence-electron chi connectivity index (χ2n) is 2.92.